The van der Waals surface area contributed by atoms with Crippen LogP contribution < -0.4 is 0 Å². The number of hydrogen-bond acceptors (Lipinski definition) is 1. The Morgan fingerprint density at radius 3 is 2.82 bits per heavy atom. The molecule has 0 saturated heterocycles. The molecule has 0 amide bonds. The summed E-state index contributed by atoms with van der Waals surface area (Å²) in [4.78, 5) is 0. The molecule has 0 spiro atoms. The molecule has 0 aromatic heterocycles. The second-order valence-corrected chi connectivity index (χ2v) is 3.88. The average Bonchev–Trinajstić information content (AvgIpc) is 1.95. The van der Waals surface area contributed by atoms with E-state index in [-0.39, 0.29) is 11.5 Å². The van der Waals surface area contributed by atoms with Crippen molar-refractivity contribution in [2.45, 2.75) is 32.8 Å². The van der Waals surface area contributed by atoms with Crippen LogP contribution in [-0.2, 0) is 0 Å². The highest BCUT2D eigenvalue weighted by Gasteiger charge is 2.29. The van der Waals surface area contributed by atoms with E-state index in [0.29, 0.717) is 0 Å². The van der Waals surface area contributed by atoms with Gasteiger partial charge in [0.05, 0.1) is 6.10 Å². The van der Waals surface area contributed by atoms with E-state index in [2.05, 4.69) is 20.4 Å². The first-order chi connectivity index (χ1) is 5.06. The summed E-state index contributed by atoms with van der Waals surface area (Å²) in [6.45, 7) is 7.87. The van der Waals surface area contributed by atoms with E-state index in [0.717, 1.165) is 12.8 Å². The van der Waals surface area contributed by atoms with Crippen LogP contribution in [0.4, 0.5) is 0 Å². The Morgan fingerprint density at radius 1 is 1.73 bits per heavy atom. The van der Waals surface area contributed by atoms with Crippen molar-refractivity contribution in [3.8, 4) is 0 Å². The van der Waals surface area contributed by atoms with Crippen LogP contribution >= 0.6 is 0 Å². The minimum absolute atomic E-state index is 0.0481. The topological polar surface area (TPSA) is 20.2 Å². The molecule has 0 bridgehead atoms. The standard InChI is InChI=1S/C10H16O/c1-4-8-5-6-10(2,3)9(11)7-8/h4,7,9,11H,1,5-6H2,2-3H3. The van der Waals surface area contributed by atoms with Gasteiger partial charge in [-0.05, 0) is 18.3 Å². The van der Waals surface area contributed by atoms with Crippen molar-refractivity contribution < 1.29 is 5.11 Å². The van der Waals surface area contributed by atoms with Gasteiger partial charge in [0, 0.05) is 0 Å². The number of rotatable bonds is 1. The van der Waals surface area contributed by atoms with Gasteiger partial charge in [0.1, 0.15) is 0 Å². The zero-order chi connectivity index (χ0) is 8.48. The van der Waals surface area contributed by atoms with Crippen LogP contribution in [-0.4, -0.2) is 11.2 Å². The van der Waals surface area contributed by atoms with Gasteiger partial charge in [0.25, 0.3) is 0 Å². The van der Waals surface area contributed by atoms with Crippen molar-refractivity contribution in [2.24, 2.45) is 5.41 Å². The third kappa shape index (κ3) is 1.72. The second kappa shape index (κ2) is 2.82. The van der Waals surface area contributed by atoms with E-state index in [9.17, 15) is 5.11 Å². The fourth-order valence-corrected chi connectivity index (χ4v) is 1.30. The van der Waals surface area contributed by atoms with Gasteiger partial charge in [-0.2, -0.15) is 0 Å². The molecule has 0 heterocycles. The Balaban J connectivity index is 2.78. The van der Waals surface area contributed by atoms with E-state index < -0.39 is 0 Å². The first kappa shape index (κ1) is 8.54. The van der Waals surface area contributed by atoms with E-state index >= 15 is 0 Å². The van der Waals surface area contributed by atoms with Crippen LogP contribution in [0.15, 0.2) is 24.3 Å². The van der Waals surface area contributed by atoms with Crippen molar-refractivity contribution in [1.29, 1.82) is 0 Å². The lowest BCUT2D eigenvalue weighted by molar-refractivity contribution is 0.0760. The van der Waals surface area contributed by atoms with Gasteiger partial charge in [-0.3, -0.25) is 0 Å². The summed E-state index contributed by atoms with van der Waals surface area (Å²) in [6, 6.07) is 0. The Hall–Kier alpha value is -0.560. The summed E-state index contributed by atoms with van der Waals surface area (Å²) in [5.41, 5.74) is 1.23. The normalized spacial score (nSPS) is 29.4. The molecule has 0 aromatic rings. The number of allylic oxidation sites excluding steroid dienone is 2. The third-order valence-corrected chi connectivity index (χ3v) is 2.49. The highest BCUT2D eigenvalue weighted by Crippen LogP contribution is 2.34. The number of aliphatic hydroxyl groups excluding tert-OH is 1. The third-order valence-electron chi connectivity index (χ3n) is 2.49. The summed E-state index contributed by atoms with van der Waals surface area (Å²) in [5.74, 6) is 0. The first-order valence-corrected chi connectivity index (χ1v) is 4.07. The maximum Gasteiger partial charge on any atom is 0.0777 e. The fraction of sp³-hybridized carbons (Fsp3) is 0.600. The SMILES string of the molecule is C=CC1=CC(O)C(C)(C)CC1. The largest absolute Gasteiger partial charge is 0.388 e. The summed E-state index contributed by atoms with van der Waals surface area (Å²) >= 11 is 0. The summed E-state index contributed by atoms with van der Waals surface area (Å²) in [7, 11) is 0. The molecule has 1 nitrogen and oxygen atoms in total. The number of hydrogen-bond donors (Lipinski definition) is 1. The molecule has 11 heavy (non-hydrogen) atoms. The van der Waals surface area contributed by atoms with E-state index in [1.807, 2.05) is 12.2 Å². The summed E-state index contributed by atoms with van der Waals surface area (Å²) in [6.07, 6.45) is 5.54. The summed E-state index contributed by atoms with van der Waals surface area (Å²) < 4.78 is 0. The average molecular weight is 152 g/mol. The number of aliphatic hydroxyl groups is 1. The molecule has 1 unspecified atom stereocenters. The lowest BCUT2D eigenvalue weighted by Crippen LogP contribution is -2.30. The van der Waals surface area contributed by atoms with E-state index in [1.165, 1.54) is 5.57 Å². The first-order valence-electron chi connectivity index (χ1n) is 4.07. The predicted molar refractivity (Wildman–Crippen MR) is 47.3 cm³/mol. The molecular formula is C10H16O. The van der Waals surface area contributed by atoms with Crippen LogP contribution in [0, 0.1) is 5.41 Å². The molecule has 0 radical (unpaired) electrons. The van der Waals surface area contributed by atoms with E-state index in [4.69, 9.17) is 0 Å². The predicted octanol–water partition coefficient (Wildman–Crippen LogP) is 2.28. The summed E-state index contributed by atoms with van der Waals surface area (Å²) in [5, 5.41) is 9.61. The van der Waals surface area contributed by atoms with Gasteiger partial charge in [0.15, 0.2) is 0 Å². The molecule has 1 heteroatoms. The molecule has 1 N–H and O–H groups in total. The van der Waals surface area contributed by atoms with Crippen LogP contribution in [0.2, 0.25) is 0 Å². The van der Waals surface area contributed by atoms with Gasteiger partial charge < -0.3 is 5.11 Å². The Labute approximate surface area is 68.4 Å². The lowest BCUT2D eigenvalue weighted by Gasteiger charge is -2.33. The van der Waals surface area contributed by atoms with Gasteiger partial charge in [-0.15, -0.1) is 0 Å². The Bertz CT molecular complexity index is 189. The minimum Gasteiger partial charge on any atom is -0.388 e. The maximum atomic E-state index is 9.61. The molecule has 1 rings (SSSR count). The smallest absolute Gasteiger partial charge is 0.0777 e. The van der Waals surface area contributed by atoms with Gasteiger partial charge >= 0.3 is 0 Å². The molecular weight excluding hydrogens is 136 g/mol. The monoisotopic (exact) mass is 152 g/mol. The van der Waals surface area contributed by atoms with Crippen LogP contribution in [0.1, 0.15) is 26.7 Å². The molecule has 0 saturated carbocycles. The van der Waals surface area contributed by atoms with Crippen molar-refractivity contribution >= 4 is 0 Å². The minimum atomic E-state index is -0.302. The molecule has 1 atom stereocenters. The molecule has 1 aliphatic carbocycles. The molecule has 0 aromatic carbocycles. The highest BCUT2D eigenvalue weighted by atomic mass is 16.3. The van der Waals surface area contributed by atoms with Gasteiger partial charge in [0.2, 0.25) is 0 Å². The molecule has 1 aliphatic rings. The lowest BCUT2D eigenvalue weighted by atomic mass is 9.76. The van der Waals surface area contributed by atoms with Crippen LogP contribution in [0.25, 0.3) is 0 Å². The second-order valence-electron chi connectivity index (χ2n) is 3.88. The quantitative estimate of drug-likeness (QED) is 0.611. The van der Waals surface area contributed by atoms with Crippen molar-refractivity contribution in [3.05, 3.63) is 24.3 Å². The fourth-order valence-electron chi connectivity index (χ4n) is 1.30. The Morgan fingerprint density at radius 2 is 2.36 bits per heavy atom. The van der Waals surface area contributed by atoms with Gasteiger partial charge in [-0.1, -0.05) is 38.2 Å². The van der Waals surface area contributed by atoms with Crippen molar-refractivity contribution in [3.63, 3.8) is 0 Å². The molecule has 62 valence electrons. The van der Waals surface area contributed by atoms with Crippen molar-refractivity contribution in [2.75, 3.05) is 0 Å². The zero-order valence-corrected chi connectivity index (χ0v) is 7.30. The van der Waals surface area contributed by atoms with Gasteiger partial charge in [-0.25, -0.2) is 0 Å². The molecule has 0 fully saturated rings. The van der Waals surface area contributed by atoms with E-state index in [1.54, 1.807) is 0 Å². The zero-order valence-electron chi connectivity index (χ0n) is 7.30. The highest BCUT2D eigenvalue weighted by molar-refractivity contribution is 5.22. The van der Waals surface area contributed by atoms with Crippen molar-refractivity contribution in [1.82, 2.24) is 0 Å². The van der Waals surface area contributed by atoms with Crippen LogP contribution in [0.3, 0.4) is 0 Å². The van der Waals surface area contributed by atoms with Crippen LogP contribution in [0.5, 0.6) is 0 Å². The maximum absolute atomic E-state index is 9.61. The Kier molecular flexibility index (Phi) is 2.19. The molecule has 0 aliphatic heterocycles.